The highest BCUT2D eigenvalue weighted by Gasteiger charge is 2.45. The second-order valence-electron chi connectivity index (χ2n) is 7.67. The number of aromatic nitrogens is 1. The summed E-state index contributed by atoms with van der Waals surface area (Å²) in [6.45, 7) is 5.81. The molecule has 1 saturated heterocycles. The number of hydrogen-bond donors (Lipinski definition) is 3. The largest absolute Gasteiger partial charge is 0.397 e. The number of rotatable bonds is 7. The smallest absolute Gasteiger partial charge is 0.0932 e. The van der Waals surface area contributed by atoms with E-state index in [0.717, 1.165) is 37.9 Å². The number of aliphatic hydroxyl groups is 1. The van der Waals surface area contributed by atoms with Crippen molar-refractivity contribution in [2.75, 3.05) is 12.3 Å². The number of pyridine rings is 1. The van der Waals surface area contributed by atoms with Crippen LogP contribution in [0.5, 0.6) is 0 Å². The van der Waals surface area contributed by atoms with E-state index in [1.165, 1.54) is 5.56 Å². The third-order valence-corrected chi connectivity index (χ3v) is 5.83. The molecule has 0 aliphatic carbocycles. The van der Waals surface area contributed by atoms with Crippen LogP contribution in [0.25, 0.3) is 0 Å². The molecule has 0 bridgehead atoms. The molecule has 1 aliphatic rings. The number of nitrogens with zero attached hydrogens (tertiary/aromatic N) is 1. The molecule has 0 radical (unpaired) electrons. The van der Waals surface area contributed by atoms with Crippen molar-refractivity contribution in [1.29, 1.82) is 0 Å². The molecule has 0 saturated carbocycles. The summed E-state index contributed by atoms with van der Waals surface area (Å²) in [6, 6.07) is 12.3. The molecule has 146 valence electrons. The number of nitrogens with two attached hydrogens (primary N) is 1. The number of benzene rings is 1. The third-order valence-electron chi connectivity index (χ3n) is 5.83. The predicted molar refractivity (Wildman–Crippen MR) is 108 cm³/mol. The van der Waals surface area contributed by atoms with Gasteiger partial charge in [0, 0.05) is 18.3 Å². The molecule has 1 fully saturated rings. The van der Waals surface area contributed by atoms with Crippen molar-refractivity contribution in [3.8, 4) is 0 Å². The van der Waals surface area contributed by atoms with E-state index >= 15 is 0 Å². The lowest BCUT2D eigenvalue weighted by Crippen LogP contribution is -2.52. The van der Waals surface area contributed by atoms with Crippen LogP contribution in [0.4, 0.5) is 5.69 Å². The van der Waals surface area contributed by atoms with Gasteiger partial charge in [0.05, 0.1) is 29.7 Å². The molecule has 4 N–H and O–H groups in total. The molecular weight excluding hydrogens is 338 g/mol. The van der Waals surface area contributed by atoms with Gasteiger partial charge >= 0.3 is 0 Å². The molecule has 5 heteroatoms. The van der Waals surface area contributed by atoms with Crippen LogP contribution in [0.1, 0.15) is 50.3 Å². The van der Waals surface area contributed by atoms with Crippen molar-refractivity contribution in [3.05, 3.63) is 59.9 Å². The Hall–Kier alpha value is -1.95. The van der Waals surface area contributed by atoms with Crippen LogP contribution < -0.4 is 11.1 Å². The first kappa shape index (κ1) is 19.8. The highest BCUT2D eigenvalue weighted by Crippen LogP contribution is 2.43. The number of ether oxygens (including phenoxy) is 1. The number of hydrogen-bond acceptors (Lipinski definition) is 5. The highest BCUT2D eigenvalue weighted by atomic mass is 16.5. The summed E-state index contributed by atoms with van der Waals surface area (Å²) in [5, 5.41) is 14.7. The van der Waals surface area contributed by atoms with Gasteiger partial charge < -0.3 is 20.9 Å². The van der Waals surface area contributed by atoms with Gasteiger partial charge in [-0.3, -0.25) is 4.98 Å². The van der Waals surface area contributed by atoms with E-state index in [2.05, 4.69) is 41.5 Å². The minimum absolute atomic E-state index is 0.0884. The first-order valence-corrected chi connectivity index (χ1v) is 9.82. The Bertz CT molecular complexity index is 711. The average Bonchev–Trinajstić information content (AvgIpc) is 2.67. The normalized spacial score (nSPS) is 28.2. The molecular formula is C22H31N3O2. The van der Waals surface area contributed by atoms with Crippen LogP contribution in [-0.4, -0.2) is 28.3 Å². The van der Waals surface area contributed by atoms with Crippen molar-refractivity contribution in [1.82, 2.24) is 10.3 Å². The van der Waals surface area contributed by atoms with E-state index in [1.54, 1.807) is 12.4 Å². The van der Waals surface area contributed by atoms with Gasteiger partial charge in [0.15, 0.2) is 0 Å². The van der Waals surface area contributed by atoms with E-state index in [4.69, 9.17) is 10.5 Å². The Labute approximate surface area is 162 Å². The molecule has 4 atom stereocenters. The molecule has 2 heterocycles. The summed E-state index contributed by atoms with van der Waals surface area (Å²) in [7, 11) is 0. The Kier molecular flexibility index (Phi) is 6.47. The minimum atomic E-state index is -0.813. The third kappa shape index (κ3) is 4.67. The maximum atomic E-state index is 11.3. The lowest BCUT2D eigenvalue weighted by molar-refractivity contribution is -0.200. The van der Waals surface area contributed by atoms with Crippen molar-refractivity contribution < 1.29 is 9.84 Å². The average molecular weight is 370 g/mol. The van der Waals surface area contributed by atoms with Crippen LogP contribution in [-0.2, 0) is 11.3 Å². The zero-order chi connectivity index (χ0) is 19.3. The lowest BCUT2D eigenvalue weighted by Gasteiger charge is -2.46. The standard InChI is InChI=1S/C22H31N3O2/c1-16-13-21(19-9-12-25-15-20(19)23)27-17(2)22(16,26)10-6-11-24-14-18-7-4-3-5-8-18/h3-5,7-9,12,15-17,21,24,26H,6,10-11,13-14,23H2,1-2H3/t16-,17-,21-,22+/m1/s1. The zero-order valence-electron chi connectivity index (χ0n) is 16.3. The molecule has 0 unspecified atom stereocenters. The summed E-state index contributed by atoms with van der Waals surface area (Å²) in [5.74, 6) is 0.132. The Morgan fingerprint density at radius 2 is 2.04 bits per heavy atom. The number of anilines is 1. The zero-order valence-corrected chi connectivity index (χ0v) is 16.3. The quantitative estimate of drug-likeness (QED) is 0.651. The van der Waals surface area contributed by atoms with Crippen LogP contribution in [0.3, 0.4) is 0 Å². The highest BCUT2D eigenvalue weighted by molar-refractivity contribution is 5.45. The molecule has 1 aromatic heterocycles. The summed E-state index contributed by atoms with van der Waals surface area (Å²) < 4.78 is 6.19. The van der Waals surface area contributed by atoms with Gasteiger partial charge in [0.2, 0.25) is 0 Å². The minimum Gasteiger partial charge on any atom is -0.397 e. The van der Waals surface area contributed by atoms with E-state index in [1.807, 2.05) is 19.1 Å². The van der Waals surface area contributed by atoms with E-state index in [9.17, 15) is 5.11 Å². The maximum absolute atomic E-state index is 11.3. The summed E-state index contributed by atoms with van der Waals surface area (Å²) in [6.07, 6.45) is 5.45. The van der Waals surface area contributed by atoms with Crippen molar-refractivity contribution in [2.45, 2.75) is 57.5 Å². The van der Waals surface area contributed by atoms with Crippen LogP contribution in [0, 0.1) is 5.92 Å². The topological polar surface area (TPSA) is 80.4 Å². The predicted octanol–water partition coefficient (Wildman–Crippen LogP) is 3.45. The Morgan fingerprint density at radius 3 is 2.74 bits per heavy atom. The van der Waals surface area contributed by atoms with Crippen molar-refractivity contribution in [2.24, 2.45) is 5.92 Å². The summed E-state index contributed by atoms with van der Waals surface area (Å²) in [5.41, 5.74) is 8.14. The van der Waals surface area contributed by atoms with Gasteiger partial charge in [-0.2, -0.15) is 0 Å². The molecule has 1 aliphatic heterocycles. The van der Waals surface area contributed by atoms with Gasteiger partial charge in [-0.25, -0.2) is 0 Å². The van der Waals surface area contributed by atoms with Crippen LogP contribution >= 0.6 is 0 Å². The van der Waals surface area contributed by atoms with E-state index in [0.29, 0.717) is 5.69 Å². The van der Waals surface area contributed by atoms with Gasteiger partial charge in [-0.1, -0.05) is 37.3 Å². The fraction of sp³-hybridized carbons (Fsp3) is 0.500. The molecule has 3 rings (SSSR count). The monoisotopic (exact) mass is 369 g/mol. The van der Waals surface area contributed by atoms with Crippen molar-refractivity contribution in [3.63, 3.8) is 0 Å². The van der Waals surface area contributed by atoms with Gasteiger partial charge in [0.1, 0.15) is 0 Å². The molecule has 2 aromatic rings. The van der Waals surface area contributed by atoms with Crippen molar-refractivity contribution >= 4 is 5.69 Å². The fourth-order valence-electron chi connectivity index (χ4n) is 4.03. The first-order chi connectivity index (χ1) is 13.0. The SMILES string of the molecule is C[C@@H]1C[C@H](c2ccncc2N)O[C@H](C)[C@]1(O)CCCNCc1ccccc1. The summed E-state index contributed by atoms with van der Waals surface area (Å²) >= 11 is 0. The van der Waals surface area contributed by atoms with Gasteiger partial charge in [-0.05, 0) is 50.3 Å². The van der Waals surface area contributed by atoms with Crippen LogP contribution in [0.15, 0.2) is 48.8 Å². The summed E-state index contributed by atoms with van der Waals surface area (Å²) in [4.78, 5) is 4.05. The first-order valence-electron chi connectivity index (χ1n) is 9.82. The molecule has 27 heavy (non-hydrogen) atoms. The second-order valence-corrected chi connectivity index (χ2v) is 7.67. The van der Waals surface area contributed by atoms with Crippen LogP contribution in [0.2, 0.25) is 0 Å². The van der Waals surface area contributed by atoms with Gasteiger partial charge in [-0.15, -0.1) is 0 Å². The molecule has 5 nitrogen and oxygen atoms in total. The Morgan fingerprint density at radius 1 is 1.26 bits per heavy atom. The molecule has 0 amide bonds. The fourth-order valence-corrected chi connectivity index (χ4v) is 4.03. The molecule has 0 spiro atoms. The van der Waals surface area contributed by atoms with E-state index < -0.39 is 5.60 Å². The maximum Gasteiger partial charge on any atom is 0.0932 e. The van der Waals surface area contributed by atoms with E-state index in [-0.39, 0.29) is 18.1 Å². The number of nitrogens with one attached hydrogen (secondary N) is 1. The van der Waals surface area contributed by atoms with Gasteiger partial charge in [0.25, 0.3) is 0 Å². The Balaban J connectivity index is 1.51. The second kappa shape index (κ2) is 8.83. The molecule has 1 aromatic carbocycles. The number of nitrogen functional groups attached to an aromatic ring is 1. The lowest BCUT2D eigenvalue weighted by atomic mass is 9.74.